The van der Waals surface area contributed by atoms with Crippen LogP contribution in [0, 0.1) is 0 Å². The van der Waals surface area contributed by atoms with E-state index in [2.05, 4.69) is 0 Å². The normalized spacial score (nSPS) is 12.5. The van der Waals surface area contributed by atoms with Gasteiger partial charge in [-0.05, 0) is 19.1 Å². The summed E-state index contributed by atoms with van der Waals surface area (Å²) in [6.45, 7) is 1.62. The molecule has 1 atom stereocenters. The number of hydrogen-bond acceptors (Lipinski definition) is 3. The number of nitrogens with two attached hydrogens (primary N) is 1. The summed E-state index contributed by atoms with van der Waals surface area (Å²) in [6, 6.07) is 5.65. The molecule has 0 fully saturated rings. The Kier molecular flexibility index (Phi) is 2.45. The largest absolute Gasteiger partial charge is 0.508 e. The van der Waals surface area contributed by atoms with Gasteiger partial charge in [0.15, 0.2) is 5.78 Å². The second-order valence-electron chi connectivity index (χ2n) is 2.70. The van der Waals surface area contributed by atoms with Crippen molar-refractivity contribution in [2.45, 2.75) is 13.0 Å². The first-order valence-corrected chi connectivity index (χ1v) is 3.70. The second-order valence-corrected chi connectivity index (χ2v) is 2.70. The molecule has 0 spiro atoms. The lowest BCUT2D eigenvalue weighted by Crippen LogP contribution is -2.26. The fourth-order valence-electron chi connectivity index (χ4n) is 0.922. The number of aromatic hydroxyl groups is 1. The molecular formula is C9H11NO2. The molecule has 0 unspecified atom stereocenters. The molecule has 0 aliphatic rings. The van der Waals surface area contributed by atoms with E-state index in [1.54, 1.807) is 19.1 Å². The first-order chi connectivity index (χ1) is 5.61. The number of phenolic OH excluding ortho intramolecular Hbond substituents is 1. The van der Waals surface area contributed by atoms with Crippen LogP contribution in [0.3, 0.4) is 0 Å². The van der Waals surface area contributed by atoms with Gasteiger partial charge in [0.1, 0.15) is 5.75 Å². The molecule has 3 heteroatoms. The number of rotatable bonds is 2. The molecule has 0 aromatic heterocycles. The Morgan fingerprint density at radius 3 is 2.75 bits per heavy atom. The van der Waals surface area contributed by atoms with Gasteiger partial charge in [0, 0.05) is 5.56 Å². The van der Waals surface area contributed by atoms with E-state index in [1.807, 2.05) is 0 Å². The SMILES string of the molecule is C[C@@H](N)C(=O)c1cccc(O)c1. The van der Waals surface area contributed by atoms with Crippen LogP contribution < -0.4 is 5.73 Å². The van der Waals surface area contributed by atoms with Crippen LogP contribution in [0.15, 0.2) is 24.3 Å². The maximum Gasteiger partial charge on any atom is 0.179 e. The molecule has 0 amide bonds. The van der Waals surface area contributed by atoms with E-state index in [0.717, 1.165) is 0 Å². The van der Waals surface area contributed by atoms with E-state index in [9.17, 15) is 4.79 Å². The molecule has 0 saturated heterocycles. The summed E-state index contributed by atoms with van der Waals surface area (Å²) in [5.74, 6) is -0.0765. The number of Topliss-reactive ketones (excluding diaryl/α,β-unsaturated/α-hetero) is 1. The first-order valence-electron chi connectivity index (χ1n) is 3.70. The third-order valence-electron chi connectivity index (χ3n) is 1.54. The summed E-state index contributed by atoms with van der Waals surface area (Å²) < 4.78 is 0. The van der Waals surface area contributed by atoms with Crippen LogP contribution in [0.5, 0.6) is 5.75 Å². The highest BCUT2D eigenvalue weighted by Crippen LogP contribution is 2.11. The number of ketones is 1. The van der Waals surface area contributed by atoms with E-state index in [0.29, 0.717) is 5.56 Å². The predicted octanol–water partition coefficient (Wildman–Crippen LogP) is 0.922. The van der Waals surface area contributed by atoms with Crippen molar-refractivity contribution in [1.29, 1.82) is 0 Å². The quantitative estimate of drug-likeness (QED) is 0.640. The fourth-order valence-corrected chi connectivity index (χ4v) is 0.922. The first kappa shape index (κ1) is 8.74. The van der Waals surface area contributed by atoms with Crippen molar-refractivity contribution in [2.75, 3.05) is 0 Å². The van der Waals surface area contributed by atoms with E-state index in [-0.39, 0.29) is 11.5 Å². The number of benzene rings is 1. The third kappa shape index (κ3) is 1.83. The molecule has 0 bridgehead atoms. The Bertz CT molecular complexity index is 294. The van der Waals surface area contributed by atoms with Gasteiger partial charge in [-0.25, -0.2) is 0 Å². The number of carbonyl (C=O) groups is 1. The Labute approximate surface area is 70.8 Å². The Morgan fingerprint density at radius 2 is 2.25 bits per heavy atom. The Morgan fingerprint density at radius 1 is 1.58 bits per heavy atom. The lowest BCUT2D eigenvalue weighted by molar-refractivity contribution is 0.0967. The van der Waals surface area contributed by atoms with Gasteiger partial charge >= 0.3 is 0 Å². The van der Waals surface area contributed by atoms with E-state index >= 15 is 0 Å². The molecule has 1 aromatic rings. The van der Waals surface area contributed by atoms with Gasteiger partial charge < -0.3 is 10.8 Å². The summed E-state index contributed by atoms with van der Waals surface area (Å²) in [6.07, 6.45) is 0. The highest BCUT2D eigenvalue weighted by molar-refractivity contribution is 5.99. The average molecular weight is 165 g/mol. The zero-order valence-corrected chi connectivity index (χ0v) is 6.82. The molecule has 0 aliphatic carbocycles. The molecular weight excluding hydrogens is 154 g/mol. The van der Waals surface area contributed by atoms with Gasteiger partial charge in [0.05, 0.1) is 6.04 Å². The summed E-state index contributed by atoms with van der Waals surface area (Å²) in [5, 5.41) is 9.05. The van der Waals surface area contributed by atoms with Gasteiger partial charge in [-0.3, -0.25) is 4.79 Å². The number of carbonyl (C=O) groups excluding carboxylic acids is 1. The van der Waals surface area contributed by atoms with E-state index in [4.69, 9.17) is 10.8 Å². The van der Waals surface area contributed by atoms with Gasteiger partial charge in [0.2, 0.25) is 0 Å². The van der Waals surface area contributed by atoms with Crippen LogP contribution in [0.1, 0.15) is 17.3 Å². The van der Waals surface area contributed by atoms with Crippen LogP contribution in [0.2, 0.25) is 0 Å². The van der Waals surface area contributed by atoms with E-state index < -0.39 is 6.04 Å². The van der Waals surface area contributed by atoms with Crippen molar-refractivity contribution in [3.8, 4) is 5.75 Å². The highest BCUT2D eigenvalue weighted by atomic mass is 16.3. The predicted molar refractivity (Wildman–Crippen MR) is 46.1 cm³/mol. The van der Waals surface area contributed by atoms with Crippen LogP contribution in [-0.2, 0) is 0 Å². The molecule has 0 saturated carbocycles. The van der Waals surface area contributed by atoms with Gasteiger partial charge in [0.25, 0.3) is 0 Å². The monoisotopic (exact) mass is 165 g/mol. The van der Waals surface area contributed by atoms with Crippen LogP contribution >= 0.6 is 0 Å². The van der Waals surface area contributed by atoms with Crippen molar-refractivity contribution in [2.24, 2.45) is 5.73 Å². The van der Waals surface area contributed by atoms with Gasteiger partial charge in [-0.1, -0.05) is 12.1 Å². The van der Waals surface area contributed by atoms with Crippen LogP contribution in [-0.4, -0.2) is 16.9 Å². The van der Waals surface area contributed by atoms with E-state index in [1.165, 1.54) is 12.1 Å². The zero-order valence-electron chi connectivity index (χ0n) is 6.82. The molecule has 1 aromatic carbocycles. The minimum absolute atomic E-state index is 0.0847. The molecule has 64 valence electrons. The smallest absolute Gasteiger partial charge is 0.179 e. The van der Waals surface area contributed by atoms with Gasteiger partial charge in [-0.15, -0.1) is 0 Å². The lowest BCUT2D eigenvalue weighted by atomic mass is 10.1. The summed E-state index contributed by atoms with van der Waals surface area (Å²) in [4.78, 5) is 11.3. The number of phenols is 1. The molecule has 1 rings (SSSR count). The van der Waals surface area contributed by atoms with Crippen molar-refractivity contribution >= 4 is 5.78 Å². The summed E-state index contributed by atoms with van der Waals surface area (Å²) in [7, 11) is 0. The molecule has 12 heavy (non-hydrogen) atoms. The standard InChI is InChI=1S/C9H11NO2/c1-6(10)9(12)7-3-2-4-8(11)5-7/h2-6,11H,10H2,1H3/t6-/m1/s1. The van der Waals surface area contributed by atoms with Crippen molar-refractivity contribution < 1.29 is 9.90 Å². The van der Waals surface area contributed by atoms with Crippen LogP contribution in [0.4, 0.5) is 0 Å². The average Bonchev–Trinajstić information content (AvgIpc) is 2.03. The fraction of sp³-hybridized carbons (Fsp3) is 0.222. The van der Waals surface area contributed by atoms with Crippen molar-refractivity contribution in [3.05, 3.63) is 29.8 Å². The van der Waals surface area contributed by atoms with Crippen molar-refractivity contribution in [1.82, 2.24) is 0 Å². The molecule has 0 aliphatic heterocycles. The minimum atomic E-state index is -0.521. The third-order valence-corrected chi connectivity index (χ3v) is 1.54. The highest BCUT2D eigenvalue weighted by Gasteiger charge is 2.10. The maximum atomic E-state index is 11.3. The summed E-state index contributed by atoms with van der Waals surface area (Å²) in [5.41, 5.74) is 5.84. The molecule has 0 radical (unpaired) electrons. The topological polar surface area (TPSA) is 63.3 Å². The zero-order chi connectivity index (χ0) is 9.14. The van der Waals surface area contributed by atoms with Gasteiger partial charge in [-0.2, -0.15) is 0 Å². The minimum Gasteiger partial charge on any atom is -0.508 e. The Balaban J connectivity index is 2.96. The van der Waals surface area contributed by atoms with Crippen molar-refractivity contribution in [3.63, 3.8) is 0 Å². The summed E-state index contributed by atoms with van der Waals surface area (Å²) >= 11 is 0. The Hall–Kier alpha value is -1.35. The lowest BCUT2D eigenvalue weighted by Gasteiger charge is -2.03. The van der Waals surface area contributed by atoms with Crippen LogP contribution in [0.25, 0.3) is 0 Å². The second kappa shape index (κ2) is 3.36. The molecule has 3 nitrogen and oxygen atoms in total. The maximum absolute atomic E-state index is 11.3. The molecule has 0 heterocycles. The number of hydrogen-bond donors (Lipinski definition) is 2. The molecule has 3 N–H and O–H groups in total.